The van der Waals surface area contributed by atoms with Gasteiger partial charge in [-0.15, -0.1) is 0 Å². The Morgan fingerprint density at radius 2 is 1.75 bits per heavy atom. The lowest BCUT2D eigenvalue weighted by atomic mass is 10.1. The van der Waals surface area contributed by atoms with E-state index < -0.39 is 16.4 Å². The maximum Gasteiger partial charge on any atom is 0.320 e. The zero-order chi connectivity index (χ0) is 14.5. The van der Waals surface area contributed by atoms with Gasteiger partial charge in [-0.2, -0.15) is 4.39 Å². The van der Waals surface area contributed by atoms with Crippen molar-refractivity contribution in [2.24, 2.45) is 0 Å². The van der Waals surface area contributed by atoms with Gasteiger partial charge < -0.3 is 4.74 Å². The Kier molecular flexibility index (Phi) is 3.96. The Balaban J connectivity index is 2.49. The summed E-state index contributed by atoms with van der Waals surface area (Å²) in [5.74, 6) is 5.03. The molecule has 0 heterocycles. The van der Waals surface area contributed by atoms with Crippen LogP contribution in [-0.2, 0) is 0 Å². The fourth-order valence-corrected chi connectivity index (χ4v) is 1.68. The van der Waals surface area contributed by atoms with E-state index in [0.717, 1.165) is 6.07 Å². The van der Waals surface area contributed by atoms with Crippen molar-refractivity contribution in [3.05, 3.63) is 69.5 Å². The number of benzene rings is 2. The molecule has 0 unspecified atom stereocenters. The van der Waals surface area contributed by atoms with Crippen molar-refractivity contribution >= 4 is 5.69 Å². The summed E-state index contributed by atoms with van der Waals surface area (Å²) in [6.07, 6.45) is 0. The van der Waals surface area contributed by atoms with Gasteiger partial charge in [0.1, 0.15) is 11.3 Å². The fraction of sp³-hybridized carbons (Fsp3) is 0.0667. The number of methoxy groups -OCH3 is 1. The topological polar surface area (TPSA) is 52.4 Å². The summed E-state index contributed by atoms with van der Waals surface area (Å²) in [6.45, 7) is 0. The van der Waals surface area contributed by atoms with Gasteiger partial charge in [-0.3, -0.25) is 10.1 Å². The van der Waals surface area contributed by atoms with E-state index >= 15 is 0 Å². The molecule has 0 amide bonds. The van der Waals surface area contributed by atoms with E-state index in [1.807, 2.05) is 0 Å². The van der Waals surface area contributed by atoms with Crippen molar-refractivity contribution in [1.29, 1.82) is 0 Å². The molecule has 0 saturated carbocycles. The molecule has 0 aliphatic rings. The van der Waals surface area contributed by atoms with Gasteiger partial charge in [0.2, 0.25) is 5.82 Å². The molecule has 20 heavy (non-hydrogen) atoms. The molecule has 100 valence electrons. The minimum absolute atomic E-state index is 0.0286. The molecule has 0 radical (unpaired) electrons. The van der Waals surface area contributed by atoms with E-state index in [1.165, 1.54) is 19.2 Å². The average molecular weight is 271 g/mol. The minimum atomic E-state index is -0.901. The molecule has 0 fully saturated rings. The monoisotopic (exact) mass is 271 g/mol. The summed E-state index contributed by atoms with van der Waals surface area (Å²) >= 11 is 0. The second-order valence-corrected chi connectivity index (χ2v) is 3.84. The molecule has 0 atom stereocenters. The number of para-hydroxylation sites is 2. The Bertz CT molecular complexity index is 717. The van der Waals surface area contributed by atoms with Gasteiger partial charge in [0.25, 0.3) is 0 Å². The predicted molar refractivity (Wildman–Crippen MR) is 72.0 cm³/mol. The van der Waals surface area contributed by atoms with Crippen molar-refractivity contribution in [1.82, 2.24) is 0 Å². The lowest BCUT2D eigenvalue weighted by molar-refractivity contribution is -0.387. The molecule has 2 aromatic rings. The van der Waals surface area contributed by atoms with Crippen molar-refractivity contribution in [2.75, 3.05) is 7.11 Å². The number of nitro groups is 1. The molecule has 0 aliphatic heterocycles. The molecule has 2 aromatic carbocycles. The molecule has 2 rings (SSSR count). The molecule has 0 bridgehead atoms. The highest BCUT2D eigenvalue weighted by Crippen LogP contribution is 2.22. The minimum Gasteiger partial charge on any atom is -0.495 e. The van der Waals surface area contributed by atoms with Crippen molar-refractivity contribution in [3.8, 4) is 17.6 Å². The molecule has 0 spiro atoms. The Labute approximate surface area is 115 Å². The third-order valence-electron chi connectivity index (χ3n) is 2.61. The summed E-state index contributed by atoms with van der Waals surface area (Å²) in [4.78, 5) is 10.1. The van der Waals surface area contributed by atoms with Gasteiger partial charge in [0, 0.05) is 0 Å². The SMILES string of the molecule is COc1ccccc1C#Cc1cccc(F)c1[N+](=O)[O-]. The summed E-state index contributed by atoms with van der Waals surface area (Å²) in [7, 11) is 1.51. The van der Waals surface area contributed by atoms with Crippen LogP contribution in [0.15, 0.2) is 42.5 Å². The van der Waals surface area contributed by atoms with Crippen molar-refractivity contribution < 1.29 is 14.1 Å². The van der Waals surface area contributed by atoms with Crippen molar-refractivity contribution in [2.45, 2.75) is 0 Å². The third kappa shape index (κ3) is 2.75. The first-order chi connectivity index (χ1) is 9.63. The van der Waals surface area contributed by atoms with E-state index in [4.69, 9.17) is 4.74 Å². The first-order valence-electron chi connectivity index (χ1n) is 5.71. The number of hydrogen-bond donors (Lipinski definition) is 0. The molecule has 0 N–H and O–H groups in total. The van der Waals surface area contributed by atoms with Crippen LogP contribution in [-0.4, -0.2) is 12.0 Å². The number of nitrogens with zero attached hydrogens (tertiary/aromatic N) is 1. The maximum absolute atomic E-state index is 13.4. The largest absolute Gasteiger partial charge is 0.495 e. The predicted octanol–water partition coefficient (Wildman–Crippen LogP) is 3.14. The number of rotatable bonds is 2. The third-order valence-corrected chi connectivity index (χ3v) is 2.61. The zero-order valence-electron chi connectivity index (χ0n) is 10.6. The van der Waals surface area contributed by atoms with E-state index in [1.54, 1.807) is 24.3 Å². The second-order valence-electron chi connectivity index (χ2n) is 3.84. The lowest BCUT2D eigenvalue weighted by Crippen LogP contribution is -1.96. The normalized spacial score (nSPS) is 9.50. The van der Waals surface area contributed by atoms with E-state index in [9.17, 15) is 14.5 Å². The van der Waals surface area contributed by atoms with Crippen molar-refractivity contribution in [3.63, 3.8) is 0 Å². The van der Waals surface area contributed by atoms with Crippen LogP contribution in [0.1, 0.15) is 11.1 Å². The van der Waals surface area contributed by atoms with Gasteiger partial charge in [-0.25, -0.2) is 0 Å². The standard InChI is InChI=1S/C15H10FNO3/c1-20-14-8-3-2-5-11(14)9-10-12-6-4-7-13(16)15(12)17(18)19/h2-8H,1H3. The lowest BCUT2D eigenvalue weighted by Gasteiger charge is -2.01. The van der Waals surface area contributed by atoms with Crippen LogP contribution in [0.5, 0.6) is 5.75 Å². The van der Waals surface area contributed by atoms with Gasteiger partial charge in [0.05, 0.1) is 17.6 Å². The number of halogens is 1. The summed E-state index contributed by atoms with van der Waals surface area (Å²) in [5, 5.41) is 10.9. The van der Waals surface area contributed by atoms with Gasteiger partial charge in [0.15, 0.2) is 0 Å². The van der Waals surface area contributed by atoms with Crippen LogP contribution in [0.25, 0.3) is 0 Å². The first-order valence-corrected chi connectivity index (χ1v) is 5.71. The molecule has 0 aliphatic carbocycles. The molecule has 0 aromatic heterocycles. The molecular weight excluding hydrogens is 261 g/mol. The highest BCUT2D eigenvalue weighted by molar-refractivity contribution is 5.56. The Morgan fingerprint density at radius 1 is 1.10 bits per heavy atom. The molecule has 0 saturated heterocycles. The summed E-state index contributed by atoms with van der Waals surface area (Å²) < 4.78 is 18.6. The average Bonchev–Trinajstić information content (AvgIpc) is 2.45. The number of nitro benzene ring substituents is 1. The van der Waals surface area contributed by atoms with Gasteiger partial charge in [-0.1, -0.05) is 30.0 Å². The van der Waals surface area contributed by atoms with E-state index in [-0.39, 0.29) is 5.56 Å². The summed E-state index contributed by atoms with van der Waals surface area (Å²) in [5.41, 5.74) is -0.00985. The molecular formula is C15H10FNO3. The van der Waals surface area contributed by atoms with Gasteiger partial charge in [-0.05, 0) is 24.3 Å². The quantitative estimate of drug-likeness (QED) is 0.479. The van der Waals surface area contributed by atoms with Crippen LogP contribution in [0.2, 0.25) is 0 Å². The number of ether oxygens (including phenoxy) is 1. The maximum atomic E-state index is 13.4. The summed E-state index contributed by atoms with van der Waals surface area (Å²) in [6, 6.07) is 10.8. The Hall–Kier alpha value is -2.87. The van der Waals surface area contributed by atoms with Crippen LogP contribution in [0, 0.1) is 27.8 Å². The molecule has 4 nitrogen and oxygen atoms in total. The van der Waals surface area contributed by atoms with Gasteiger partial charge >= 0.3 is 5.69 Å². The smallest absolute Gasteiger partial charge is 0.320 e. The van der Waals surface area contributed by atoms with E-state index in [2.05, 4.69) is 11.8 Å². The zero-order valence-corrected chi connectivity index (χ0v) is 10.6. The number of hydrogen-bond acceptors (Lipinski definition) is 3. The van der Waals surface area contributed by atoms with Crippen LogP contribution >= 0.6 is 0 Å². The van der Waals surface area contributed by atoms with Crippen LogP contribution in [0.3, 0.4) is 0 Å². The molecule has 5 heteroatoms. The van der Waals surface area contributed by atoms with Crippen LogP contribution in [0.4, 0.5) is 10.1 Å². The second kappa shape index (κ2) is 5.85. The van der Waals surface area contributed by atoms with Crippen LogP contribution < -0.4 is 4.74 Å². The Morgan fingerprint density at radius 3 is 2.45 bits per heavy atom. The first kappa shape index (κ1) is 13.6. The highest BCUT2D eigenvalue weighted by atomic mass is 19.1. The van der Waals surface area contributed by atoms with E-state index in [0.29, 0.717) is 11.3 Å². The highest BCUT2D eigenvalue weighted by Gasteiger charge is 2.18. The fourth-order valence-electron chi connectivity index (χ4n) is 1.68.